The summed E-state index contributed by atoms with van der Waals surface area (Å²) in [6.07, 6.45) is 3.99. The van der Waals surface area contributed by atoms with Crippen LogP contribution in [-0.2, 0) is 16.8 Å². The molecule has 0 radical (unpaired) electrons. The molecule has 3 aliphatic heterocycles. The predicted octanol–water partition coefficient (Wildman–Crippen LogP) is 1.94. The van der Waals surface area contributed by atoms with Crippen LogP contribution in [0.4, 0.5) is 0 Å². The molecule has 2 bridgehead atoms. The second-order valence-electron chi connectivity index (χ2n) is 7.62. The summed E-state index contributed by atoms with van der Waals surface area (Å²) in [7, 11) is -0.122. The summed E-state index contributed by atoms with van der Waals surface area (Å²) in [5, 5.41) is 1.19. The molecule has 5 rings (SSSR count). The zero-order chi connectivity index (χ0) is 18.3. The lowest BCUT2D eigenvalue weighted by Crippen LogP contribution is -2.45. The maximum Gasteiger partial charge on any atom is 0.281 e. The molecule has 0 unspecified atom stereocenters. The average Bonchev–Trinajstić information content (AvgIpc) is 2.94. The molecule has 3 saturated heterocycles. The SMILES string of the molecule is CN(C)S(=O)(=O)N1C[C@@H]2CC[C@H](C1)N(Cc1cccc3ncccc13)C2. The monoisotopic (exact) mass is 374 g/mol. The highest BCUT2D eigenvalue weighted by Gasteiger charge is 2.39. The van der Waals surface area contributed by atoms with Gasteiger partial charge >= 0.3 is 0 Å². The smallest absolute Gasteiger partial charge is 0.281 e. The van der Waals surface area contributed by atoms with Crippen molar-refractivity contribution in [2.24, 2.45) is 5.92 Å². The predicted molar refractivity (Wildman–Crippen MR) is 103 cm³/mol. The van der Waals surface area contributed by atoms with E-state index in [9.17, 15) is 8.42 Å². The zero-order valence-corrected chi connectivity index (χ0v) is 16.2. The molecule has 0 amide bonds. The van der Waals surface area contributed by atoms with Crippen molar-refractivity contribution in [1.82, 2.24) is 18.5 Å². The van der Waals surface area contributed by atoms with E-state index in [1.54, 1.807) is 18.4 Å². The van der Waals surface area contributed by atoms with Gasteiger partial charge in [0.15, 0.2) is 0 Å². The molecule has 2 atom stereocenters. The van der Waals surface area contributed by atoms with Crippen molar-refractivity contribution in [3.63, 3.8) is 0 Å². The summed E-state index contributed by atoms with van der Waals surface area (Å²) in [5.41, 5.74) is 2.28. The van der Waals surface area contributed by atoms with E-state index in [-0.39, 0.29) is 6.04 Å². The molecule has 1 aromatic carbocycles. The lowest BCUT2D eigenvalue weighted by Gasteiger charge is -2.36. The Bertz CT molecular complexity index is 894. The summed E-state index contributed by atoms with van der Waals surface area (Å²) in [6, 6.07) is 10.6. The highest BCUT2D eigenvalue weighted by Crippen LogP contribution is 2.31. The molecule has 3 aliphatic rings. The van der Waals surface area contributed by atoms with Gasteiger partial charge in [-0.25, -0.2) is 0 Å². The van der Waals surface area contributed by atoms with E-state index >= 15 is 0 Å². The number of aromatic nitrogens is 1. The van der Waals surface area contributed by atoms with Crippen LogP contribution >= 0.6 is 0 Å². The molecule has 0 saturated carbocycles. The number of pyridine rings is 1. The molecule has 1 aromatic heterocycles. The topological polar surface area (TPSA) is 56.8 Å². The fraction of sp³-hybridized carbons (Fsp3) is 0.526. The van der Waals surface area contributed by atoms with Gasteiger partial charge in [-0.1, -0.05) is 18.2 Å². The number of benzene rings is 1. The van der Waals surface area contributed by atoms with E-state index in [1.165, 1.54) is 15.3 Å². The van der Waals surface area contributed by atoms with Crippen molar-refractivity contribution >= 4 is 21.1 Å². The van der Waals surface area contributed by atoms with Crippen molar-refractivity contribution in [1.29, 1.82) is 0 Å². The van der Waals surface area contributed by atoms with Crippen molar-refractivity contribution in [2.75, 3.05) is 33.7 Å². The van der Waals surface area contributed by atoms with Crippen LogP contribution in [0.3, 0.4) is 0 Å². The van der Waals surface area contributed by atoms with Crippen LogP contribution in [0.5, 0.6) is 0 Å². The molecule has 140 valence electrons. The first-order valence-corrected chi connectivity index (χ1v) is 10.6. The van der Waals surface area contributed by atoms with Gasteiger partial charge in [0, 0.05) is 57.9 Å². The Labute approximate surface area is 155 Å². The minimum atomic E-state index is -3.35. The normalized spacial score (nSPS) is 25.0. The van der Waals surface area contributed by atoms with Crippen LogP contribution in [0.2, 0.25) is 0 Å². The highest BCUT2D eigenvalue weighted by atomic mass is 32.2. The van der Waals surface area contributed by atoms with E-state index < -0.39 is 10.2 Å². The summed E-state index contributed by atoms with van der Waals surface area (Å²) in [4.78, 5) is 6.93. The Morgan fingerprint density at radius 3 is 2.77 bits per heavy atom. The molecule has 3 fully saturated rings. The first-order valence-electron chi connectivity index (χ1n) is 9.19. The number of hydrogen-bond donors (Lipinski definition) is 0. The van der Waals surface area contributed by atoms with Gasteiger partial charge in [-0.15, -0.1) is 0 Å². The molecule has 0 spiro atoms. The second-order valence-corrected chi connectivity index (χ2v) is 9.76. The summed E-state index contributed by atoms with van der Waals surface area (Å²) >= 11 is 0. The molecule has 26 heavy (non-hydrogen) atoms. The molecule has 0 aliphatic carbocycles. The van der Waals surface area contributed by atoms with Crippen molar-refractivity contribution in [2.45, 2.75) is 25.4 Å². The first-order chi connectivity index (χ1) is 12.4. The van der Waals surface area contributed by atoms with Gasteiger partial charge in [0.05, 0.1) is 5.52 Å². The molecular formula is C19H26N4O2S. The lowest BCUT2D eigenvalue weighted by atomic mass is 9.94. The van der Waals surface area contributed by atoms with Crippen LogP contribution < -0.4 is 0 Å². The van der Waals surface area contributed by atoms with Crippen molar-refractivity contribution in [3.8, 4) is 0 Å². The molecule has 0 N–H and O–H groups in total. The van der Waals surface area contributed by atoms with Crippen LogP contribution in [0, 0.1) is 5.92 Å². The van der Waals surface area contributed by atoms with Gasteiger partial charge in [0.2, 0.25) is 0 Å². The molecule has 4 heterocycles. The Morgan fingerprint density at radius 1 is 1.12 bits per heavy atom. The van der Waals surface area contributed by atoms with E-state index in [0.717, 1.165) is 31.4 Å². The Kier molecular flexibility index (Phi) is 4.73. The minimum absolute atomic E-state index is 0.274. The molecular weight excluding hydrogens is 348 g/mol. The number of nitrogens with zero attached hydrogens (tertiary/aromatic N) is 4. The minimum Gasteiger partial charge on any atom is -0.294 e. The van der Waals surface area contributed by atoms with Gasteiger partial charge < -0.3 is 0 Å². The van der Waals surface area contributed by atoms with Crippen molar-refractivity contribution in [3.05, 3.63) is 42.1 Å². The fourth-order valence-electron chi connectivity index (χ4n) is 4.27. The summed E-state index contributed by atoms with van der Waals surface area (Å²) in [6.45, 7) is 3.02. The van der Waals surface area contributed by atoms with Gasteiger partial charge in [0.25, 0.3) is 10.2 Å². The third-order valence-electron chi connectivity index (χ3n) is 5.69. The third kappa shape index (κ3) is 3.24. The first kappa shape index (κ1) is 17.9. The maximum absolute atomic E-state index is 12.6. The van der Waals surface area contributed by atoms with Gasteiger partial charge in [-0.2, -0.15) is 17.0 Å². The van der Waals surface area contributed by atoms with Crippen LogP contribution in [0.25, 0.3) is 10.9 Å². The van der Waals surface area contributed by atoms with Crippen LogP contribution in [-0.4, -0.2) is 66.7 Å². The molecule has 6 nitrogen and oxygen atoms in total. The van der Waals surface area contributed by atoms with E-state index in [0.29, 0.717) is 19.0 Å². The lowest BCUT2D eigenvalue weighted by molar-refractivity contribution is 0.126. The second kappa shape index (κ2) is 6.88. The van der Waals surface area contributed by atoms with Crippen LogP contribution in [0.1, 0.15) is 18.4 Å². The van der Waals surface area contributed by atoms with Gasteiger partial charge in [-0.05, 0) is 36.5 Å². The Balaban J connectivity index is 1.59. The van der Waals surface area contributed by atoms with E-state index in [2.05, 4.69) is 28.1 Å². The number of hydrogen-bond acceptors (Lipinski definition) is 4. The largest absolute Gasteiger partial charge is 0.294 e. The van der Waals surface area contributed by atoms with Crippen molar-refractivity contribution < 1.29 is 8.42 Å². The molecule has 2 aromatic rings. The quantitative estimate of drug-likeness (QED) is 0.821. The third-order valence-corrected chi connectivity index (χ3v) is 7.56. The Hall–Kier alpha value is -1.54. The van der Waals surface area contributed by atoms with Gasteiger partial charge in [0.1, 0.15) is 0 Å². The number of fused-ring (bicyclic) bond motifs is 5. The number of rotatable bonds is 4. The number of piperidine rings is 1. The average molecular weight is 375 g/mol. The van der Waals surface area contributed by atoms with E-state index in [4.69, 9.17) is 0 Å². The van der Waals surface area contributed by atoms with Crippen LogP contribution in [0.15, 0.2) is 36.5 Å². The summed E-state index contributed by atoms with van der Waals surface area (Å²) < 4.78 is 28.3. The highest BCUT2D eigenvalue weighted by molar-refractivity contribution is 7.86. The fourth-order valence-corrected chi connectivity index (χ4v) is 5.49. The Morgan fingerprint density at radius 2 is 1.96 bits per heavy atom. The molecule has 7 heteroatoms. The van der Waals surface area contributed by atoms with E-state index in [1.807, 2.05) is 18.3 Å². The maximum atomic E-state index is 12.6. The standard InChI is InChI=1S/C19H26N4O2S/c1-21(2)26(24,25)23-12-15-8-9-17(14-23)22(11-15)13-16-5-3-7-19-18(16)6-4-10-20-19/h3-7,10,15,17H,8-9,11-14H2,1-2H3/t15-,17-/m1/s1. The zero-order valence-electron chi connectivity index (χ0n) is 15.4. The summed E-state index contributed by atoms with van der Waals surface area (Å²) in [5.74, 6) is 0.400. The van der Waals surface area contributed by atoms with Gasteiger partial charge in [-0.3, -0.25) is 9.88 Å².